The molecule has 2 aromatic rings. The van der Waals surface area contributed by atoms with E-state index < -0.39 is 11.4 Å². The molecule has 1 N–H and O–H groups in total. The third-order valence-electron chi connectivity index (χ3n) is 3.15. The highest BCUT2D eigenvalue weighted by atomic mass is 32.1. The van der Waals surface area contributed by atoms with Gasteiger partial charge in [0.2, 0.25) is 0 Å². The lowest BCUT2D eigenvalue weighted by Crippen LogP contribution is -2.42. The van der Waals surface area contributed by atoms with E-state index in [2.05, 4.69) is 4.37 Å². The van der Waals surface area contributed by atoms with Gasteiger partial charge < -0.3 is 5.11 Å². The molecule has 1 saturated carbocycles. The molecule has 0 aromatic carbocycles. The van der Waals surface area contributed by atoms with Gasteiger partial charge in [0.15, 0.2) is 0 Å². The molecule has 78 valence electrons. The molecule has 0 saturated heterocycles. The van der Waals surface area contributed by atoms with Crippen molar-refractivity contribution in [3.8, 4) is 0 Å². The number of hydrogen-bond donors (Lipinski definition) is 1. The molecule has 1 aliphatic rings. The van der Waals surface area contributed by atoms with Crippen molar-refractivity contribution in [2.24, 2.45) is 0 Å². The van der Waals surface area contributed by atoms with E-state index in [4.69, 9.17) is 0 Å². The maximum atomic E-state index is 11.3. The molecule has 15 heavy (non-hydrogen) atoms. The largest absolute Gasteiger partial charge is 0.481 e. The first kappa shape index (κ1) is 9.30. The Morgan fingerprint density at radius 2 is 2.33 bits per heavy atom. The summed E-state index contributed by atoms with van der Waals surface area (Å²) in [6, 6.07) is 2.01. The van der Waals surface area contributed by atoms with E-state index in [1.807, 2.05) is 11.4 Å². The average Bonchev–Trinajstić information content (AvgIpc) is 2.65. The van der Waals surface area contributed by atoms with E-state index in [-0.39, 0.29) is 0 Å². The highest BCUT2D eigenvalue weighted by molar-refractivity contribution is 7.24. The number of fused-ring (bicyclic) bond motifs is 1. The normalized spacial score (nSPS) is 18.9. The van der Waals surface area contributed by atoms with E-state index in [1.165, 1.54) is 11.5 Å². The van der Waals surface area contributed by atoms with Gasteiger partial charge in [-0.15, -0.1) is 11.3 Å². The minimum absolute atomic E-state index is 0.677. The molecule has 0 bridgehead atoms. The molecule has 1 fully saturated rings. The maximum absolute atomic E-state index is 11.3. The number of nitrogens with zero attached hydrogens (tertiary/aromatic N) is 1. The van der Waals surface area contributed by atoms with Crippen LogP contribution in [0.5, 0.6) is 0 Å². The van der Waals surface area contributed by atoms with E-state index in [0.29, 0.717) is 0 Å². The summed E-state index contributed by atoms with van der Waals surface area (Å²) < 4.78 is 6.53. The van der Waals surface area contributed by atoms with Crippen LogP contribution in [0.15, 0.2) is 11.4 Å². The number of carboxylic acid groups (broad SMARTS) is 1. The lowest BCUT2D eigenvalue weighted by molar-refractivity contribution is -0.147. The molecule has 1 aliphatic carbocycles. The Balaban J connectivity index is 2.20. The van der Waals surface area contributed by atoms with Gasteiger partial charge in [0.05, 0.1) is 15.1 Å². The van der Waals surface area contributed by atoms with Crippen molar-refractivity contribution in [3.05, 3.63) is 17.1 Å². The number of carboxylic acids is 1. The van der Waals surface area contributed by atoms with E-state index in [9.17, 15) is 9.90 Å². The number of thiophene rings is 1. The summed E-state index contributed by atoms with van der Waals surface area (Å²) in [5.74, 6) is -0.714. The van der Waals surface area contributed by atoms with E-state index in [0.717, 1.165) is 34.4 Å². The molecule has 5 heteroatoms. The monoisotopic (exact) mass is 239 g/mol. The molecule has 0 unspecified atom stereocenters. The summed E-state index contributed by atoms with van der Waals surface area (Å²) in [5, 5.41) is 11.3. The van der Waals surface area contributed by atoms with E-state index >= 15 is 0 Å². The lowest BCUT2D eigenvalue weighted by atomic mass is 9.66. The molecular formula is C10H9NO2S2. The molecule has 0 spiro atoms. The Labute approximate surface area is 94.5 Å². The number of rotatable bonds is 2. The number of hydrogen-bond acceptors (Lipinski definition) is 4. The third kappa shape index (κ3) is 1.10. The second kappa shape index (κ2) is 3.02. The average molecular weight is 239 g/mol. The van der Waals surface area contributed by atoms with Crippen molar-refractivity contribution < 1.29 is 9.90 Å². The van der Waals surface area contributed by atoms with Crippen molar-refractivity contribution in [2.45, 2.75) is 24.7 Å². The highest BCUT2D eigenvalue weighted by Gasteiger charge is 2.49. The first-order valence-corrected chi connectivity index (χ1v) is 6.46. The topological polar surface area (TPSA) is 50.2 Å². The van der Waals surface area contributed by atoms with Crippen LogP contribution in [0, 0.1) is 0 Å². The summed E-state index contributed by atoms with van der Waals surface area (Å²) in [5.41, 5.74) is 0.125. The van der Waals surface area contributed by atoms with Gasteiger partial charge in [0, 0.05) is 0 Å². The van der Waals surface area contributed by atoms with Crippen LogP contribution in [-0.2, 0) is 10.2 Å². The fourth-order valence-electron chi connectivity index (χ4n) is 2.07. The molecule has 3 rings (SSSR count). The van der Waals surface area contributed by atoms with Gasteiger partial charge in [-0.05, 0) is 35.8 Å². The summed E-state index contributed by atoms with van der Waals surface area (Å²) >= 11 is 3.01. The van der Waals surface area contributed by atoms with Crippen molar-refractivity contribution in [1.29, 1.82) is 0 Å². The molecule has 0 aliphatic heterocycles. The summed E-state index contributed by atoms with van der Waals surface area (Å²) in [7, 11) is 0. The van der Waals surface area contributed by atoms with Gasteiger partial charge in [0.25, 0.3) is 0 Å². The Bertz CT molecular complexity index is 524. The second-order valence-corrected chi connectivity index (χ2v) is 5.61. The van der Waals surface area contributed by atoms with E-state index in [1.54, 1.807) is 11.3 Å². The van der Waals surface area contributed by atoms with Crippen LogP contribution in [0.4, 0.5) is 0 Å². The standard InChI is InChI=1S/C10H9NO2S2/c12-9(13)10(3-1-4-10)8-7-6(15-11-8)2-5-14-7/h2,5H,1,3-4H2,(H,12,13). The van der Waals surface area contributed by atoms with Gasteiger partial charge in [-0.25, -0.2) is 0 Å². The molecule has 0 amide bonds. The van der Waals surface area contributed by atoms with Crippen LogP contribution in [-0.4, -0.2) is 15.4 Å². The number of carbonyl (C=O) groups is 1. The molecule has 3 nitrogen and oxygen atoms in total. The maximum Gasteiger partial charge on any atom is 0.315 e. The Kier molecular flexibility index (Phi) is 1.87. The quantitative estimate of drug-likeness (QED) is 0.876. The smallest absolute Gasteiger partial charge is 0.315 e. The predicted octanol–water partition coefficient (Wildman–Crippen LogP) is 2.86. The molecule has 0 radical (unpaired) electrons. The first-order chi connectivity index (χ1) is 7.24. The van der Waals surface area contributed by atoms with Crippen LogP contribution in [0.25, 0.3) is 9.40 Å². The third-order valence-corrected chi connectivity index (χ3v) is 5.01. The molecule has 2 aromatic heterocycles. The Morgan fingerprint density at radius 3 is 2.93 bits per heavy atom. The van der Waals surface area contributed by atoms with Crippen LogP contribution < -0.4 is 0 Å². The van der Waals surface area contributed by atoms with Crippen LogP contribution in [0.1, 0.15) is 25.0 Å². The lowest BCUT2D eigenvalue weighted by Gasteiger charge is -2.36. The van der Waals surface area contributed by atoms with Gasteiger partial charge in [-0.2, -0.15) is 4.37 Å². The zero-order chi connectivity index (χ0) is 10.5. The van der Waals surface area contributed by atoms with Gasteiger partial charge >= 0.3 is 5.97 Å². The molecule has 2 heterocycles. The summed E-state index contributed by atoms with van der Waals surface area (Å²) in [6.07, 6.45) is 2.47. The van der Waals surface area contributed by atoms with Crippen molar-refractivity contribution in [1.82, 2.24) is 4.37 Å². The summed E-state index contributed by atoms with van der Waals surface area (Å²) in [4.78, 5) is 11.3. The number of aliphatic carboxylic acids is 1. The first-order valence-electron chi connectivity index (χ1n) is 4.81. The second-order valence-electron chi connectivity index (χ2n) is 3.89. The predicted molar refractivity (Wildman–Crippen MR) is 60.7 cm³/mol. The van der Waals surface area contributed by atoms with Crippen molar-refractivity contribution in [3.63, 3.8) is 0 Å². The van der Waals surface area contributed by atoms with Crippen molar-refractivity contribution in [2.75, 3.05) is 0 Å². The molecule has 0 atom stereocenters. The zero-order valence-corrected chi connectivity index (χ0v) is 9.53. The molecular weight excluding hydrogens is 230 g/mol. The Hall–Kier alpha value is -0.940. The fraction of sp³-hybridized carbons (Fsp3) is 0.400. The SMILES string of the molecule is O=C(O)C1(c2nsc3ccsc23)CCC1. The van der Waals surface area contributed by atoms with Crippen LogP contribution in [0.3, 0.4) is 0 Å². The zero-order valence-electron chi connectivity index (χ0n) is 7.90. The minimum atomic E-state index is -0.714. The van der Waals surface area contributed by atoms with Crippen LogP contribution >= 0.6 is 22.9 Å². The van der Waals surface area contributed by atoms with Crippen molar-refractivity contribution >= 4 is 38.2 Å². The Morgan fingerprint density at radius 1 is 1.53 bits per heavy atom. The fourth-order valence-corrected chi connectivity index (χ4v) is 4.11. The minimum Gasteiger partial charge on any atom is -0.481 e. The van der Waals surface area contributed by atoms with Gasteiger partial charge in [-0.3, -0.25) is 4.79 Å². The highest BCUT2D eigenvalue weighted by Crippen LogP contribution is 2.47. The van der Waals surface area contributed by atoms with Gasteiger partial charge in [-0.1, -0.05) is 6.42 Å². The summed E-state index contributed by atoms with van der Waals surface area (Å²) in [6.45, 7) is 0. The number of aromatic nitrogens is 1. The van der Waals surface area contributed by atoms with Gasteiger partial charge in [0.1, 0.15) is 5.41 Å². The van der Waals surface area contributed by atoms with Crippen LogP contribution in [0.2, 0.25) is 0 Å².